The Hall–Kier alpha value is -1.86. The Labute approximate surface area is 194 Å². The smallest absolute Gasteiger partial charge is 0.306 e. The maximum absolute atomic E-state index is 13.0. The molecule has 2 aliphatic carbocycles. The van der Waals surface area contributed by atoms with Gasteiger partial charge in [-0.05, 0) is 30.2 Å². The molecule has 1 aliphatic heterocycles. The molecule has 6 nitrogen and oxygen atoms in total. The van der Waals surface area contributed by atoms with Crippen LogP contribution in [0.5, 0.6) is 0 Å². The van der Waals surface area contributed by atoms with E-state index in [0.717, 1.165) is 12.8 Å². The molecule has 7 heteroatoms. The summed E-state index contributed by atoms with van der Waals surface area (Å²) >= 11 is 1.69. The van der Waals surface area contributed by atoms with Crippen molar-refractivity contribution in [2.75, 3.05) is 6.61 Å². The van der Waals surface area contributed by atoms with Gasteiger partial charge in [0.2, 0.25) is 5.91 Å². The summed E-state index contributed by atoms with van der Waals surface area (Å²) < 4.78 is 5.37. The number of ketones is 1. The SMILES string of the molecule is CC1(C)S[C@H]2C(C(=O)[C@H]2NC(=O)[C@H](N)c2ccccc2)[C@H]1CC(=O)OCC1CCCCC1. The molecule has 5 atom stereocenters. The molecule has 3 aliphatic rings. The minimum absolute atomic E-state index is 0.00627. The number of carbonyl (C=O) groups excluding carboxylic acids is 3. The number of amides is 1. The average molecular weight is 459 g/mol. The van der Waals surface area contributed by atoms with Crippen LogP contribution in [0.15, 0.2) is 30.3 Å². The zero-order valence-electron chi connectivity index (χ0n) is 18.9. The second kappa shape index (κ2) is 9.56. The number of nitrogens with one attached hydrogen (secondary N) is 1. The van der Waals surface area contributed by atoms with E-state index < -0.39 is 12.1 Å². The highest BCUT2D eigenvalue weighted by Gasteiger charge is 2.64. The Balaban J connectivity index is 1.33. The van der Waals surface area contributed by atoms with Crippen molar-refractivity contribution in [3.63, 3.8) is 0 Å². The van der Waals surface area contributed by atoms with Gasteiger partial charge in [-0.25, -0.2) is 0 Å². The third-order valence-electron chi connectivity index (χ3n) is 7.41. The summed E-state index contributed by atoms with van der Waals surface area (Å²) in [5, 5.41) is 2.84. The van der Waals surface area contributed by atoms with Gasteiger partial charge >= 0.3 is 5.97 Å². The van der Waals surface area contributed by atoms with Crippen LogP contribution < -0.4 is 11.1 Å². The lowest BCUT2D eigenvalue weighted by Gasteiger charge is -2.40. The van der Waals surface area contributed by atoms with E-state index in [1.807, 2.05) is 18.2 Å². The second-order valence-corrected chi connectivity index (χ2v) is 11.8. The van der Waals surface area contributed by atoms with Crippen molar-refractivity contribution in [2.45, 2.75) is 74.5 Å². The van der Waals surface area contributed by atoms with Gasteiger partial charge in [0, 0.05) is 15.9 Å². The molecule has 3 N–H and O–H groups in total. The maximum Gasteiger partial charge on any atom is 0.306 e. The Morgan fingerprint density at radius 1 is 1.19 bits per heavy atom. The molecule has 0 aromatic heterocycles. The highest BCUT2D eigenvalue weighted by atomic mass is 32.2. The summed E-state index contributed by atoms with van der Waals surface area (Å²) in [7, 11) is 0. The number of Topliss-reactive ketones (excluding diaryl/α,β-unsaturated/α-hetero) is 1. The van der Waals surface area contributed by atoms with Crippen LogP contribution in [0.25, 0.3) is 0 Å². The quantitative estimate of drug-likeness (QED) is 0.608. The fourth-order valence-corrected chi connectivity index (χ4v) is 7.36. The topological polar surface area (TPSA) is 98.5 Å². The first-order valence-electron chi connectivity index (χ1n) is 11.8. The van der Waals surface area contributed by atoms with Crippen molar-refractivity contribution >= 4 is 29.4 Å². The van der Waals surface area contributed by atoms with Crippen LogP contribution in [-0.2, 0) is 19.1 Å². The molecule has 4 rings (SSSR count). The molecular formula is C25H34N2O4S. The van der Waals surface area contributed by atoms with Gasteiger partial charge in [0.25, 0.3) is 0 Å². The van der Waals surface area contributed by atoms with E-state index >= 15 is 0 Å². The third-order valence-corrected chi connectivity index (χ3v) is 9.16. The average Bonchev–Trinajstić information content (AvgIpc) is 3.03. The van der Waals surface area contributed by atoms with Gasteiger partial charge in [-0.15, -0.1) is 11.8 Å². The number of rotatable bonds is 7. The van der Waals surface area contributed by atoms with Crippen LogP contribution in [0.2, 0.25) is 0 Å². The first-order chi connectivity index (χ1) is 15.3. The molecule has 1 aromatic carbocycles. The van der Waals surface area contributed by atoms with Crippen molar-refractivity contribution < 1.29 is 19.1 Å². The number of esters is 1. The number of thioether (sulfide) groups is 1. The summed E-state index contributed by atoms with van der Waals surface area (Å²) in [6.45, 7) is 4.66. The minimum atomic E-state index is -0.812. The largest absolute Gasteiger partial charge is 0.465 e. The van der Waals surface area contributed by atoms with Crippen molar-refractivity contribution in [3.05, 3.63) is 35.9 Å². The summed E-state index contributed by atoms with van der Waals surface area (Å²) in [4.78, 5) is 38.3. The van der Waals surface area contributed by atoms with Gasteiger partial charge in [-0.3, -0.25) is 14.4 Å². The molecular weight excluding hydrogens is 424 g/mol. The molecule has 174 valence electrons. The number of fused-ring (bicyclic) bond motifs is 1. The van der Waals surface area contributed by atoms with Gasteiger partial charge in [0.15, 0.2) is 5.78 Å². The van der Waals surface area contributed by atoms with E-state index in [4.69, 9.17) is 10.5 Å². The number of ether oxygens (including phenoxy) is 1. The number of carbonyl (C=O) groups is 3. The van der Waals surface area contributed by atoms with E-state index in [0.29, 0.717) is 18.1 Å². The van der Waals surface area contributed by atoms with E-state index in [1.165, 1.54) is 19.3 Å². The number of hydrogen-bond donors (Lipinski definition) is 2. The Bertz CT molecular complexity index is 853. The van der Waals surface area contributed by atoms with E-state index in [9.17, 15) is 14.4 Å². The van der Waals surface area contributed by atoms with Crippen LogP contribution in [0.3, 0.4) is 0 Å². The molecule has 1 unspecified atom stereocenters. The first-order valence-corrected chi connectivity index (χ1v) is 12.6. The fourth-order valence-electron chi connectivity index (χ4n) is 5.44. The monoisotopic (exact) mass is 458 g/mol. The lowest BCUT2D eigenvalue weighted by molar-refractivity contribution is -0.149. The van der Waals surface area contributed by atoms with Crippen LogP contribution in [-0.4, -0.2) is 40.3 Å². The zero-order chi connectivity index (χ0) is 22.9. The highest BCUT2D eigenvalue weighted by Crippen LogP contribution is 2.58. The lowest BCUT2D eigenvalue weighted by Crippen LogP contribution is -2.63. The van der Waals surface area contributed by atoms with E-state index in [1.54, 1.807) is 23.9 Å². The zero-order valence-corrected chi connectivity index (χ0v) is 19.7. The van der Waals surface area contributed by atoms with Gasteiger partial charge in [-0.2, -0.15) is 0 Å². The van der Waals surface area contributed by atoms with Crippen LogP contribution in [0, 0.1) is 17.8 Å². The molecule has 1 saturated heterocycles. The minimum Gasteiger partial charge on any atom is -0.465 e. The standard InChI is InChI=1S/C25H34N2O4S/c1-25(2)17(13-18(28)31-14-15-9-5-3-6-10-15)19-22(29)21(23(19)32-25)27-24(30)20(26)16-11-7-4-8-12-16/h4,7-8,11-12,15,17,19-21,23H,3,5-6,9-10,13-14,26H2,1-2H3,(H,27,30)/t17-,19?,20-,21-,23+/m1/s1. The Kier molecular flexibility index (Phi) is 6.96. The molecule has 0 spiro atoms. The number of benzene rings is 1. The summed E-state index contributed by atoms with van der Waals surface area (Å²) in [5.74, 6) is -0.379. The summed E-state index contributed by atoms with van der Waals surface area (Å²) in [6.07, 6.45) is 6.23. The van der Waals surface area contributed by atoms with E-state index in [-0.39, 0.29) is 45.9 Å². The number of nitrogens with two attached hydrogens (primary N) is 1. The Morgan fingerprint density at radius 2 is 1.88 bits per heavy atom. The fraction of sp³-hybridized carbons (Fsp3) is 0.640. The van der Waals surface area contributed by atoms with Crippen LogP contribution in [0.1, 0.15) is 64.0 Å². The molecule has 0 radical (unpaired) electrons. The Morgan fingerprint density at radius 3 is 2.56 bits per heavy atom. The van der Waals surface area contributed by atoms with Gasteiger partial charge in [-0.1, -0.05) is 63.4 Å². The normalized spacial score (nSPS) is 30.2. The van der Waals surface area contributed by atoms with Crippen LogP contribution >= 0.6 is 11.8 Å². The van der Waals surface area contributed by atoms with Crippen molar-refractivity contribution in [1.29, 1.82) is 0 Å². The molecule has 32 heavy (non-hydrogen) atoms. The number of hydrogen-bond acceptors (Lipinski definition) is 6. The third kappa shape index (κ3) is 4.74. The second-order valence-electron chi connectivity index (χ2n) is 9.99. The van der Waals surface area contributed by atoms with Gasteiger partial charge in [0.05, 0.1) is 13.0 Å². The van der Waals surface area contributed by atoms with E-state index in [2.05, 4.69) is 19.2 Å². The van der Waals surface area contributed by atoms with Crippen molar-refractivity contribution in [3.8, 4) is 0 Å². The van der Waals surface area contributed by atoms with Gasteiger partial charge < -0.3 is 15.8 Å². The van der Waals surface area contributed by atoms with Crippen LogP contribution in [0.4, 0.5) is 0 Å². The molecule has 3 fully saturated rings. The molecule has 0 bridgehead atoms. The molecule has 1 heterocycles. The van der Waals surface area contributed by atoms with Crippen molar-refractivity contribution in [1.82, 2.24) is 5.32 Å². The lowest BCUT2D eigenvalue weighted by atomic mass is 9.66. The molecule has 1 amide bonds. The van der Waals surface area contributed by atoms with Gasteiger partial charge in [0.1, 0.15) is 12.1 Å². The maximum atomic E-state index is 13.0. The highest BCUT2D eigenvalue weighted by molar-refractivity contribution is 8.01. The predicted molar refractivity (Wildman–Crippen MR) is 125 cm³/mol. The first kappa shape index (κ1) is 23.3. The summed E-state index contributed by atoms with van der Waals surface area (Å²) in [6, 6.07) is 7.78. The predicted octanol–water partition coefficient (Wildman–Crippen LogP) is 3.39. The molecule has 1 aromatic rings. The molecule has 2 saturated carbocycles. The summed E-state index contributed by atoms with van der Waals surface area (Å²) in [5.41, 5.74) is 6.81. The van der Waals surface area contributed by atoms with Crippen molar-refractivity contribution in [2.24, 2.45) is 23.5 Å².